The predicted molar refractivity (Wildman–Crippen MR) is 96.9 cm³/mol. The van der Waals surface area contributed by atoms with Crippen LogP contribution in [0.15, 0.2) is 41.4 Å². The largest absolute Gasteiger partial charge is 0.474 e. The van der Waals surface area contributed by atoms with Crippen LogP contribution in [0, 0.1) is 0 Å². The highest BCUT2D eigenvalue weighted by molar-refractivity contribution is 7.90. The smallest absolute Gasteiger partial charge is 0.225 e. The second kappa shape index (κ2) is 6.69. The van der Waals surface area contributed by atoms with Gasteiger partial charge in [-0.25, -0.2) is 13.4 Å². The van der Waals surface area contributed by atoms with Crippen molar-refractivity contribution < 1.29 is 17.9 Å². The van der Waals surface area contributed by atoms with E-state index in [0.29, 0.717) is 30.4 Å². The summed E-state index contributed by atoms with van der Waals surface area (Å²) in [5.74, 6) is 0.503. The Morgan fingerprint density at radius 3 is 2.81 bits per heavy atom. The van der Waals surface area contributed by atoms with Crippen LogP contribution in [0.5, 0.6) is 5.88 Å². The van der Waals surface area contributed by atoms with Crippen LogP contribution in [-0.2, 0) is 14.6 Å². The number of nitrogens with zero attached hydrogens (tertiary/aromatic N) is 2. The average Bonchev–Trinajstić information content (AvgIpc) is 3.07. The van der Waals surface area contributed by atoms with E-state index in [-0.39, 0.29) is 11.0 Å². The molecular weight excluding hydrogens is 354 g/mol. The zero-order chi connectivity index (χ0) is 18.1. The molecule has 136 valence electrons. The fourth-order valence-electron chi connectivity index (χ4n) is 3.06. The molecule has 3 aromatic rings. The summed E-state index contributed by atoms with van der Waals surface area (Å²) in [6, 6.07) is 8.56. The second-order valence-electron chi connectivity index (χ2n) is 6.34. The van der Waals surface area contributed by atoms with Crippen LogP contribution < -0.4 is 4.74 Å². The quantitative estimate of drug-likeness (QED) is 0.755. The lowest BCUT2D eigenvalue weighted by Gasteiger charge is -2.23. The van der Waals surface area contributed by atoms with Gasteiger partial charge in [-0.2, -0.15) is 5.10 Å². The summed E-state index contributed by atoms with van der Waals surface area (Å²) in [7, 11) is -3.30. The molecule has 1 aromatic carbocycles. The fraction of sp³-hybridized carbons (Fsp3) is 0.333. The first kappa shape index (κ1) is 17.0. The van der Waals surface area contributed by atoms with Crippen LogP contribution >= 0.6 is 0 Å². The van der Waals surface area contributed by atoms with Crippen molar-refractivity contribution in [1.29, 1.82) is 0 Å². The lowest BCUT2D eigenvalue weighted by molar-refractivity contribution is 0.0244. The fourth-order valence-corrected chi connectivity index (χ4v) is 3.73. The Labute approximate surface area is 151 Å². The van der Waals surface area contributed by atoms with E-state index < -0.39 is 9.84 Å². The third kappa shape index (κ3) is 3.30. The van der Waals surface area contributed by atoms with Crippen molar-refractivity contribution >= 4 is 20.7 Å². The Kier molecular flexibility index (Phi) is 4.37. The summed E-state index contributed by atoms with van der Waals surface area (Å²) in [5.41, 5.74) is 2.12. The minimum atomic E-state index is -3.30. The molecule has 0 unspecified atom stereocenters. The number of rotatable bonds is 4. The van der Waals surface area contributed by atoms with Crippen LogP contribution in [0.3, 0.4) is 0 Å². The molecule has 7 nitrogen and oxygen atoms in total. The Balaban J connectivity index is 1.79. The zero-order valence-electron chi connectivity index (χ0n) is 14.3. The highest BCUT2D eigenvalue weighted by atomic mass is 32.2. The Morgan fingerprint density at radius 1 is 1.23 bits per heavy atom. The van der Waals surface area contributed by atoms with E-state index >= 15 is 0 Å². The summed E-state index contributed by atoms with van der Waals surface area (Å²) in [6.45, 7) is 1.35. The first-order valence-corrected chi connectivity index (χ1v) is 10.3. The molecule has 8 heteroatoms. The second-order valence-corrected chi connectivity index (χ2v) is 8.36. The van der Waals surface area contributed by atoms with Gasteiger partial charge in [-0.3, -0.25) is 5.10 Å². The predicted octanol–water partition coefficient (Wildman–Crippen LogP) is 2.59. The topological polar surface area (TPSA) is 94.2 Å². The molecule has 26 heavy (non-hydrogen) atoms. The van der Waals surface area contributed by atoms with Gasteiger partial charge in [0, 0.05) is 30.9 Å². The van der Waals surface area contributed by atoms with E-state index in [1.165, 1.54) is 6.26 Å². The van der Waals surface area contributed by atoms with Gasteiger partial charge >= 0.3 is 0 Å². The van der Waals surface area contributed by atoms with E-state index in [0.717, 1.165) is 23.7 Å². The first-order valence-electron chi connectivity index (χ1n) is 8.40. The van der Waals surface area contributed by atoms with Crippen molar-refractivity contribution in [3.8, 4) is 17.1 Å². The lowest BCUT2D eigenvalue weighted by atomic mass is 10.1. The number of ether oxygens (including phenoxy) is 2. The van der Waals surface area contributed by atoms with Crippen molar-refractivity contribution in [2.75, 3.05) is 19.5 Å². The summed E-state index contributed by atoms with van der Waals surface area (Å²) in [6.07, 6.45) is 4.54. The standard InChI is InChI=1S/C18H19N3O4S/c1-26(22,23)14-4-2-3-12(11-14)17-16-15(20-21-17)5-8-19-18(16)25-13-6-9-24-10-7-13/h2-5,8,11,13H,6-7,9-10H2,1H3,(H,20,21). The molecule has 3 heterocycles. The maximum absolute atomic E-state index is 11.9. The van der Waals surface area contributed by atoms with Gasteiger partial charge in [-0.1, -0.05) is 12.1 Å². The molecule has 2 aromatic heterocycles. The number of fused-ring (bicyclic) bond motifs is 1. The van der Waals surface area contributed by atoms with Crippen molar-refractivity contribution in [2.45, 2.75) is 23.8 Å². The van der Waals surface area contributed by atoms with E-state index in [1.54, 1.807) is 24.4 Å². The van der Waals surface area contributed by atoms with Gasteiger partial charge in [0.1, 0.15) is 11.8 Å². The van der Waals surface area contributed by atoms with Crippen molar-refractivity contribution in [3.63, 3.8) is 0 Å². The molecule has 1 aliphatic heterocycles. The van der Waals surface area contributed by atoms with Crippen LogP contribution in [0.1, 0.15) is 12.8 Å². The number of aromatic amines is 1. The number of benzene rings is 1. The van der Waals surface area contributed by atoms with Gasteiger partial charge in [0.15, 0.2) is 9.84 Å². The van der Waals surface area contributed by atoms with Gasteiger partial charge in [0.2, 0.25) is 5.88 Å². The molecule has 0 spiro atoms. The molecular formula is C18H19N3O4S. The van der Waals surface area contributed by atoms with E-state index in [9.17, 15) is 8.42 Å². The Morgan fingerprint density at radius 2 is 2.04 bits per heavy atom. The van der Waals surface area contributed by atoms with E-state index in [4.69, 9.17) is 9.47 Å². The summed E-state index contributed by atoms with van der Waals surface area (Å²) >= 11 is 0. The molecule has 0 bridgehead atoms. The number of hydrogen-bond donors (Lipinski definition) is 1. The Bertz CT molecular complexity index is 1040. The summed E-state index contributed by atoms with van der Waals surface area (Å²) in [5, 5.41) is 8.11. The van der Waals surface area contributed by atoms with Crippen molar-refractivity contribution in [1.82, 2.24) is 15.2 Å². The summed E-state index contributed by atoms with van der Waals surface area (Å²) < 4.78 is 35.2. The van der Waals surface area contributed by atoms with Crippen LogP contribution in [0.2, 0.25) is 0 Å². The monoisotopic (exact) mass is 373 g/mol. The highest BCUT2D eigenvalue weighted by Gasteiger charge is 2.21. The van der Waals surface area contributed by atoms with Crippen LogP contribution in [0.25, 0.3) is 22.2 Å². The van der Waals surface area contributed by atoms with Crippen molar-refractivity contribution in [2.24, 2.45) is 0 Å². The molecule has 1 saturated heterocycles. The van der Waals surface area contributed by atoms with Crippen LogP contribution in [0.4, 0.5) is 0 Å². The number of aromatic nitrogens is 3. The van der Waals surface area contributed by atoms with Crippen molar-refractivity contribution in [3.05, 3.63) is 36.5 Å². The lowest BCUT2D eigenvalue weighted by Crippen LogP contribution is -2.26. The molecule has 4 rings (SSSR count). The number of pyridine rings is 1. The number of nitrogens with one attached hydrogen (secondary N) is 1. The average molecular weight is 373 g/mol. The molecule has 1 fully saturated rings. The number of hydrogen-bond acceptors (Lipinski definition) is 6. The maximum atomic E-state index is 11.9. The number of sulfone groups is 1. The zero-order valence-corrected chi connectivity index (χ0v) is 15.1. The van der Waals surface area contributed by atoms with Gasteiger partial charge in [0.25, 0.3) is 0 Å². The molecule has 0 aliphatic carbocycles. The third-order valence-corrected chi connectivity index (χ3v) is 5.53. The molecule has 0 atom stereocenters. The normalized spacial score (nSPS) is 16.0. The first-order chi connectivity index (χ1) is 12.5. The summed E-state index contributed by atoms with van der Waals surface area (Å²) in [4.78, 5) is 4.64. The molecule has 1 aliphatic rings. The Hall–Kier alpha value is -2.45. The van der Waals surface area contributed by atoms with Gasteiger partial charge in [-0.15, -0.1) is 0 Å². The van der Waals surface area contributed by atoms with E-state index in [1.807, 2.05) is 12.1 Å². The molecule has 0 radical (unpaired) electrons. The highest BCUT2D eigenvalue weighted by Crippen LogP contribution is 2.34. The maximum Gasteiger partial charge on any atom is 0.225 e. The molecule has 0 saturated carbocycles. The van der Waals surface area contributed by atoms with Crippen LogP contribution in [-0.4, -0.2) is 49.2 Å². The van der Waals surface area contributed by atoms with Gasteiger partial charge in [0.05, 0.1) is 29.0 Å². The third-order valence-electron chi connectivity index (χ3n) is 4.42. The minimum absolute atomic E-state index is 0.0481. The SMILES string of the molecule is CS(=O)(=O)c1cccc(-c2n[nH]c3ccnc(OC4CCOCC4)c23)c1. The van der Waals surface area contributed by atoms with Gasteiger partial charge < -0.3 is 9.47 Å². The van der Waals surface area contributed by atoms with Gasteiger partial charge in [-0.05, 0) is 18.2 Å². The molecule has 1 N–H and O–H groups in total. The number of H-pyrrole nitrogens is 1. The minimum Gasteiger partial charge on any atom is -0.474 e. The molecule has 0 amide bonds. The van der Waals surface area contributed by atoms with E-state index in [2.05, 4.69) is 15.2 Å².